The predicted octanol–water partition coefficient (Wildman–Crippen LogP) is 8.19. The maximum Gasteiger partial charge on any atom is 0.0873 e. The first kappa shape index (κ1) is 22.5. The zero-order chi connectivity index (χ0) is 17.0. The first-order valence-electron chi connectivity index (χ1n) is 10.5. The molecule has 0 unspecified atom stereocenters. The molecule has 0 aromatic rings. The number of hydrogen-bond acceptors (Lipinski definition) is 1. The standard InChI is InChI=1S/C22H44O/c1-4-5-6-7-8-9-10-11-12-13-14-15-16-17-18-19-20-23-21-22(2)3/h21H,4-20H2,1-3H3. The molecule has 1 nitrogen and oxygen atoms in total. The van der Waals surface area contributed by atoms with Crippen molar-refractivity contribution < 1.29 is 4.74 Å². The molecule has 0 saturated carbocycles. The minimum Gasteiger partial charge on any atom is -0.501 e. The minimum atomic E-state index is 0.892. The number of hydrogen-bond donors (Lipinski definition) is 0. The number of rotatable bonds is 18. The molecular formula is C22H44O. The lowest BCUT2D eigenvalue weighted by atomic mass is 10.0. The van der Waals surface area contributed by atoms with E-state index >= 15 is 0 Å². The van der Waals surface area contributed by atoms with Crippen molar-refractivity contribution >= 4 is 0 Å². The lowest BCUT2D eigenvalue weighted by Crippen LogP contribution is -1.89. The van der Waals surface area contributed by atoms with E-state index in [1.165, 1.54) is 108 Å². The molecule has 0 aliphatic rings. The molecular weight excluding hydrogens is 280 g/mol. The summed E-state index contributed by atoms with van der Waals surface area (Å²) in [6.45, 7) is 7.34. The smallest absolute Gasteiger partial charge is 0.0873 e. The summed E-state index contributed by atoms with van der Waals surface area (Å²) in [6, 6.07) is 0. The summed E-state index contributed by atoms with van der Waals surface area (Å²) < 4.78 is 5.45. The van der Waals surface area contributed by atoms with E-state index in [1.807, 2.05) is 6.26 Å². The van der Waals surface area contributed by atoms with Crippen LogP contribution < -0.4 is 0 Å². The zero-order valence-electron chi connectivity index (χ0n) is 16.5. The van der Waals surface area contributed by atoms with E-state index in [0.29, 0.717) is 0 Å². The van der Waals surface area contributed by atoms with Crippen LogP contribution in [0, 0.1) is 0 Å². The van der Waals surface area contributed by atoms with E-state index in [2.05, 4.69) is 20.8 Å². The molecule has 0 bridgehead atoms. The SMILES string of the molecule is CCCCCCCCCCCCCCCCCCOC=C(C)C. The van der Waals surface area contributed by atoms with Crippen LogP contribution in [0.15, 0.2) is 11.8 Å². The van der Waals surface area contributed by atoms with Crippen molar-refractivity contribution in [2.24, 2.45) is 0 Å². The minimum absolute atomic E-state index is 0.892. The van der Waals surface area contributed by atoms with E-state index < -0.39 is 0 Å². The van der Waals surface area contributed by atoms with Crippen LogP contribution in [0.1, 0.15) is 124 Å². The van der Waals surface area contributed by atoms with E-state index in [0.717, 1.165) is 6.61 Å². The summed E-state index contributed by atoms with van der Waals surface area (Å²) in [7, 11) is 0. The third kappa shape index (κ3) is 21.5. The van der Waals surface area contributed by atoms with Crippen molar-refractivity contribution in [2.75, 3.05) is 6.61 Å². The van der Waals surface area contributed by atoms with Gasteiger partial charge < -0.3 is 4.74 Å². The molecule has 0 heterocycles. The van der Waals surface area contributed by atoms with Crippen molar-refractivity contribution in [2.45, 2.75) is 124 Å². The fraction of sp³-hybridized carbons (Fsp3) is 0.909. The molecule has 0 N–H and O–H groups in total. The monoisotopic (exact) mass is 324 g/mol. The summed E-state index contributed by atoms with van der Waals surface area (Å²) in [5.74, 6) is 0. The fourth-order valence-electron chi connectivity index (χ4n) is 2.96. The van der Waals surface area contributed by atoms with Gasteiger partial charge in [-0.05, 0) is 25.8 Å². The van der Waals surface area contributed by atoms with Crippen LogP contribution in [0.3, 0.4) is 0 Å². The van der Waals surface area contributed by atoms with Gasteiger partial charge in [-0.1, -0.05) is 103 Å². The maximum atomic E-state index is 5.45. The Kier molecular flexibility index (Phi) is 19.2. The molecule has 0 fully saturated rings. The normalized spacial score (nSPS) is 10.7. The van der Waals surface area contributed by atoms with E-state index in [1.54, 1.807) is 0 Å². The van der Waals surface area contributed by atoms with Gasteiger partial charge in [-0.3, -0.25) is 0 Å². The van der Waals surface area contributed by atoms with Crippen LogP contribution in [-0.4, -0.2) is 6.61 Å². The van der Waals surface area contributed by atoms with Gasteiger partial charge in [0, 0.05) is 0 Å². The largest absolute Gasteiger partial charge is 0.501 e. The molecule has 0 amide bonds. The summed E-state index contributed by atoms with van der Waals surface area (Å²) in [6.07, 6.45) is 24.6. The Morgan fingerprint density at radius 2 is 0.913 bits per heavy atom. The lowest BCUT2D eigenvalue weighted by Gasteiger charge is -2.04. The maximum absolute atomic E-state index is 5.45. The Bertz CT molecular complexity index is 240. The lowest BCUT2D eigenvalue weighted by molar-refractivity contribution is 0.238. The van der Waals surface area contributed by atoms with Gasteiger partial charge in [0.1, 0.15) is 0 Å². The van der Waals surface area contributed by atoms with Gasteiger partial charge in [-0.25, -0.2) is 0 Å². The average Bonchev–Trinajstić information content (AvgIpc) is 2.53. The van der Waals surface area contributed by atoms with Gasteiger partial charge in [-0.2, -0.15) is 0 Å². The first-order chi connectivity index (χ1) is 11.3. The molecule has 0 aromatic carbocycles. The van der Waals surface area contributed by atoms with Gasteiger partial charge in [0.2, 0.25) is 0 Å². The topological polar surface area (TPSA) is 9.23 Å². The van der Waals surface area contributed by atoms with Crippen molar-refractivity contribution in [3.63, 3.8) is 0 Å². The van der Waals surface area contributed by atoms with Crippen LogP contribution in [0.25, 0.3) is 0 Å². The Balaban J connectivity index is 2.99. The molecule has 23 heavy (non-hydrogen) atoms. The highest BCUT2D eigenvalue weighted by Gasteiger charge is 1.94. The van der Waals surface area contributed by atoms with Crippen LogP contribution in [0.5, 0.6) is 0 Å². The average molecular weight is 325 g/mol. The third-order valence-corrected chi connectivity index (χ3v) is 4.43. The van der Waals surface area contributed by atoms with Crippen molar-refractivity contribution in [1.29, 1.82) is 0 Å². The number of allylic oxidation sites excluding steroid dienone is 1. The van der Waals surface area contributed by atoms with Crippen LogP contribution >= 0.6 is 0 Å². The van der Waals surface area contributed by atoms with E-state index in [-0.39, 0.29) is 0 Å². The van der Waals surface area contributed by atoms with E-state index in [4.69, 9.17) is 4.74 Å². The summed E-state index contributed by atoms with van der Waals surface area (Å²) >= 11 is 0. The molecule has 0 atom stereocenters. The summed E-state index contributed by atoms with van der Waals surface area (Å²) in [4.78, 5) is 0. The highest BCUT2D eigenvalue weighted by molar-refractivity contribution is 4.86. The molecule has 0 aliphatic heterocycles. The predicted molar refractivity (Wildman–Crippen MR) is 105 cm³/mol. The van der Waals surface area contributed by atoms with Gasteiger partial charge in [-0.15, -0.1) is 0 Å². The quantitative estimate of drug-likeness (QED) is 0.182. The Morgan fingerprint density at radius 1 is 0.565 bits per heavy atom. The molecule has 138 valence electrons. The van der Waals surface area contributed by atoms with Gasteiger partial charge in [0.15, 0.2) is 0 Å². The van der Waals surface area contributed by atoms with Crippen LogP contribution in [-0.2, 0) is 4.74 Å². The zero-order valence-corrected chi connectivity index (χ0v) is 16.5. The molecule has 0 aromatic heterocycles. The van der Waals surface area contributed by atoms with Gasteiger partial charge in [0.25, 0.3) is 0 Å². The highest BCUT2D eigenvalue weighted by Crippen LogP contribution is 2.13. The second-order valence-electron chi connectivity index (χ2n) is 7.37. The Hall–Kier alpha value is -0.460. The molecule has 0 rings (SSSR count). The molecule has 0 radical (unpaired) electrons. The molecule has 0 aliphatic carbocycles. The molecule has 0 saturated heterocycles. The van der Waals surface area contributed by atoms with Crippen molar-refractivity contribution in [1.82, 2.24) is 0 Å². The van der Waals surface area contributed by atoms with E-state index in [9.17, 15) is 0 Å². The molecule has 0 spiro atoms. The first-order valence-corrected chi connectivity index (χ1v) is 10.5. The second-order valence-corrected chi connectivity index (χ2v) is 7.37. The Morgan fingerprint density at radius 3 is 1.26 bits per heavy atom. The molecule has 1 heteroatoms. The van der Waals surface area contributed by atoms with Gasteiger partial charge >= 0.3 is 0 Å². The number of unbranched alkanes of at least 4 members (excludes halogenated alkanes) is 15. The number of ether oxygens (including phenoxy) is 1. The third-order valence-electron chi connectivity index (χ3n) is 4.43. The Labute approximate surface area is 147 Å². The van der Waals surface area contributed by atoms with Gasteiger partial charge in [0.05, 0.1) is 12.9 Å². The van der Waals surface area contributed by atoms with Crippen LogP contribution in [0.2, 0.25) is 0 Å². The van der Waals surface area contributed by atoms with Crippen molar-refractivity contribution in [3.05, 3.63) is 11.8 Å². The second kappa shape index (κ2) is 19.6. The highest BCUT2D eigenvalue weighted by atomic mass is 16.5. The fourth-order valence-corrected chi connectivity index (χ4v) is 2.96. The van der Waals surface area contributed by atoms with Crippen LogP contribution in [0.4, 0.5) is 0 Å². The summed E-state index contributed by atoms with van der Waals surface area (Å²) in [5.41, 5.74) is 1.25. The van der Waals surface area contributed by atoms with Crippen molar-refractivity contribution in [3.8, 4) is 0 Å². The summed E-state index contributed by atoms with van der Waals surface area (Å²) in [5, 5.41) is 0.